The van der Waals surface area contributed by atoms with Gasteiger partial charge in [-0.15, -0.1) is 0 Å². The molecule has 114 valence electrons. The molecule has 0 aliphatic heterocycles. The number of hydrogen-bond acceptors (Lipinski definition) is 4. The van der Waals surface area contributed by atoms with Gasteiger partial charge in [0.25, 0.3) is 0 Å². The molecule has 0 heterocycles. The van der Waals surface area contributed by atoms with Crippen LogP contribution in [0.3, 0.4) is 0 Å². The fourth-order valence-electron chi connectivity index (χ4n) is 1.63. The van der Waals surface area contributed by atoms with Gasteiger partial charge in [-0.3, -0.25) is 4.79 Å². The van der Waals surface area contributed by atoms with Crippen LogP contribution in [0.1, 0.15) is 32.6 Å². The summed E-state index contributed by atoms with van der Waals surface area (Å²) >= 11 is 0. The van der Waals surface area contributed by atoms with Gasteiger partial charge in [0.2, 0.25) is 10.0 Å². The minimum absolute atomic E-state index is 0.0643. The molecule has 0 saturated heterocycles. The molecular formula is C12H26N2O4S. The van der Waals surface area contributed by atoms with E-state index in [-0.39, 0.29) is 18.7 Å². The smallest absolute Gasteiger partial charge is 0.304 e. The molecule has 19 heavy (non-hydrogen) atoms. The van der Waals surface area contributed by atoms with Gasteiger partial charge in [-0.25, -0.2) is 12.7 Å². The van der Waals surface area contributed by atoms with Crippen LogP contribution in [0.2, 0.25) is 0 Å². The number of carbonyl (C=O) groups is 1. The van der Waals surface area contributed by atoms with E-state index in [4.69, 9.17) is 5.11 Å². The first-order valence-corrected chi connectivity index (χ1v) is 8.25. The molecule has 0 aromatic rings. The zero-order valence-corrected chi connectivity index (χ0v) is 12.9. The van der Waals surface area contributed by atoms with Crippen LogP contribution in [-0.2, 0) is 14.8 Å². The Balaban J connectivity index is 4.50. The van der Waals surface area contributed by atoms with Crippen LogP contribution in [0.25, 0.3) is 0 Å². The van der Waals surface area contributed by atoms with Gasteiger partial charge in [0.15, 0.2) is 0 Å². The van der Waals surface area contributed by atoms with E-state index in [0.717, 1.165) is 13.0 Å². The number of hydrogen-bond donors (Lipinski definition) is 1. The van der Waals surface area contributed by atoms with E-state index in [9.17, 15) is 13.2 Å². The van der Waals surface area contributed by atoms with Crippen molar-refractivity contribution in [2.75, 3.05) is 39.5 Å². The average Bonchev–Trinajstić information content (AvgIpc) is 2.30. The Kier molecular flexibility index (Phi) is 8.95. The molecule has 1 N–H and O–H groups in total. The van der Waals surface area contributed by atoms with E-state index < -0.39 is 16.0 Å². The lowest BCUT2D eigenvalue weighted by molar-refractivity contribution is -0.137. The highest BCUT2D eigenvalue weighted by Gasteiger charge is 2.21. The van der Waals surface area contributed by atoms with Gasteiger partial charge in [0, 0.05) is 13.1 Å². The molecule has 7 heteroatoms. The summed E-state index contributed by atoms with van der Waals surface area (Å²) in [5, 5.41) is 8.69. The highest BCUT2D eigenvalue weighted by molar-refractivity contribution is 7.89. The van der Waals surface area contributed by atoms with Crippen molar-refractivity contribution in [2.45, 2.75) is 32.6 Å². The molecule has 0 aromatic heterocycles. The lowest BCUT2D eigenvalue weighted by Crippen LogP contribution is -2.36. The summed E-state index contributed by atoms with van der Waals surface area (Å²) in [4.78, 5) is 12.6. The number of aliphatic carboxylic acids is 1. The van der Waals surface area contributed by atoms with E-state index >= 15 is 0 Å². The summed E-state index contributed by atoms with van der Waals surface area (Å²) in [5.41, 5.74) is 0. The minimum atomic E-state index is -3.33. The minimum Gasteiger partial charge on any atom is -0.481 e. The first kappa shape index (κ1) is 18.3. The first-order chi connectivity index (χ1) is 8.79. The highest BCUT2D eigenvalue weighted by atomic mass is 32.2. The fourth-order valence-corrected chi connectivity index (χ4v) is 3.32. The second-order valence-electron chi connectivity index (χ2n) is 4.87. The SMILES string of the molecule is CCCCS(=O)(=O)N(CCCN(C)C)CCC(=O)O. The van der Waals surface area contributed by atoms with Crippen LogP contribution >= 0.6 is 0 Å². The lowest BCUT2D eigenvalue weighted by Gasteiger charge is -2.22. The maximum absolute atomic E-state index is 12.1. The second kappa shape index (κ2) is 9.28. The maximum Gasteiger partial charge on any atom is 0.304 e. The zero-order chi connectivity index (χ0) is 14.9. The molecule has 0 bridgehead atoms. The van der Waals surface area contributed by atoms with Crippen molar-refractivity contribution in [2.24, 2.45) is 0 Å². The molecule has 0 radical (unpaired) electrons. The van der Waals surface area contributed by atoms with Crippen LogP contribution in [0.4, 0.5) is 0 Å². The van der Waals surface area contributed by atoms with Gasteiger partial charge in [-0.05, 0) is 33.5 Å². The van der Waals surface area contributed by atoms with Crippen LogP contribution in [-0.4, -0.2) is 68.2 Å². The van der Waals surface area contributed by atoms with E-state index in [0.29, 0.717) is 19.4 Å². The van der Waals surface area contributed by atoms with Gasteiger partial charge in [0.05, 0.1) is 12.2 Å². The number of carboxylic acid groups (broad SMARTS) is 1. The van der Waals surface area contributed by atoms with Gasteiger partial charge in [0.1, 0.15) is 0 Å². The van der Waals surface area contributed by atoms with Crippen LogP contribution in [0.5, 0.6) is 0 Å². The normalized spacial score (nSPS) is 12.3. The summed E-state index contributed by atoms with van der Waals surface area (Å²) in [6.45, 7) is 3.17. The van der Waals surface area contributed by atoms with Gasteiger partial charge < -0.3 is 10.0 Å². The van der Waals surface area contributed by atoms with Crippen molar-refractivity contribution in [1.82, 2.24) is 9.21 Å². The molecule has 0 atom stereocenters. The van der Waals surface area contributed by atoms with Gasteiger partial charge in [-0.1, -0.05) is 13.3 Å². The highest BCUT2D eigenvalue weighted by Crippen LogP contribution is 2.07. The average molecular weight is 294 g/mol. The Bertz CT molecular complexity index is 355. The topological polar surface area (TPSA) is 77.9 Å². The number of carboxylic acids is 1. The molecule has 0 aliphatic rings. The molecule has 0 amide bonds. The summed E-state index contributed by atoms with van der Waals surface area (Å²) < 4.78 is 25.5. The Morgan fingerprint density at radius 3 is 2.21 bits per heavy atom. The molecule has 0 spiro atoms. The number of nitrogens with zero attached hydrogens (tertiary/aromatic N) is 2. The standard InChI is InChI=1S/C12H26N2O4S/c1-4-5-11-19(17,18)14(10-7-12(15)16)9-6-8-13(2)3/h4-11H2,1-3H3,(H,15,16). The molecular weight excluding hydrogens is 268 g/mol. The number of sulfonamides is 1. The molecule has 0 fully saturated rings. The van der Waals surface area contributed by atoms with Crippen molar-refractivity contribution in [1.29, 1.82) is 0 Å². The molecule has 0 aromatic carbocycles. The summed E-state index contributed by atoms with van der Waals surface area (Å²) in [6.07, 6.45) is 1.98. The third-order valence-electron chi connectivity index (χ3n) is 2.74. The third kappa shape index (κ3) is 8.96. The summed E-state index contributed by atoms with van der Waals surface area (Å²) in [6, 6.07) is 0. The Morgan fingerprint density at radius 1 is 1.11 bits per heavy atom. The van der Waals surface area contributed by atoms with Crippen LogP contribution in [0, 0.1) is 0 Å². The second-order valence-corrected chi connectivity index (χ2v) is 6.96. The summed E-state index contributed by atoms with van der Waals surface area (Å²) in [7, 11) is 0.521. The Morgan fingerprint density at radius 2 is 1.74 bits per heavy atom. The largest absolute Gasteiger partial charge is 0.481 e. The van der Waals surface area contributed by atoms with E-state index in [2.05, 4.69) is 0 Å². The van der Waals surface area contributed by atoms with Crippen molar-refractivity contribution in [3.8, 4) is 0 Å². The fraction of sp³-hybridized carbons (Fsp3) is 0.917. The number of rotatable bonds is 11. The summed E-state index contributed by atoms with van der Waals surface area (Å²) in [5.74, 6) is -0.867. The van der Waals surface area contributed by atoms with E-state index in [1.807, 2.05) is 25.9 Å². The third-order valence-corrected chi connectivity index (χ3v) is 4.69. The Labute approximate surface area is 116 Å². The van der Waals surface area contributed by atoms with Crippen molar-refractivity contribution in [3.63, 3.8) is 0 Å². The van der Waals surface area contributed by atoms with Crippen molar-refractivity contribution < 1.29 is 18.3 Å². The molecule has 0 saturated carbocycles. The monoisotopic (exact) mass is 294 g/mol. The van der Waals surface area contributed by atoms with Gasteiger partial charge >= 0.3 is 5.97 Å². The van der Waals surface area contributed by atoms with Crippen LogP contribution < -0.4 is 0 Å². The molecule has 0 rings (SSSR count). The van der Waals surface area contributed by atoms with Crippen LogP contribution in [0.15, 0.2) is 0 Å². The molecule has 6 nitrogen and oxygen atoms in total. The van der Waals surface area contributed by atoms with Crippen molar-refractivity contribution in [3.05, 3.63) is 0 Å². The van der Waals surface area contributed by atoms with Gasteiger partial charge in [-0.2, -0.15) is 0 Å². The molecule has 0 aliphatic carbocycles. The lowest BCUT2D eigenvalue weighted by atomic mass is 10.3. The first-order valence-electron chi connectivity index (χ1n) is 6.64. The van der Waals surface area contributed by atoms with E-state index in [1.165, 1.54) is 4.31 Å². The predicted octanol–water partition coefficient (Wildman–Crippen LogP) is 0.845. The van der Waals surface area contributed by atoms with E-state index in [1.54, 1.807) is 0 Å². The molecule has 0 unspecified atom stereocenters. The number of unbranched alkanes of at least 4 members (excludes halogenated alkanes) is 1. The quantitative estimate of drug-likeness (QED) is 0.611. The zero-order valence-electron chi connectivity index (χ0n) is 12.1. The Hall–Kier alpha value is -0.660. The van der Waals surface area contributed by atoms with Crippen molar-refractivity contribution >= 4 is 16.0 Å². The maximum atomic E-state index is 12.1. The predicted molar refractivity (Wildman–Crippen MR) is 75.7 cm³/mol.